The first-order chi connectivity index (χ1) is 5.64. The quantitative estimate of drug-likeness (QED) is 0.683. The van der Waals surface area contributed by atoms with E-state index < -0.39 is 5.60 Å². The maximum absolute atomic E-state index is 9.72. The van der Waals surface area contributed by atoms with Crippen LogP contribution in [0.2, 0.25) is 0 Å². The van der Waals surface area contributed by atoms with E-state index in [9.17, 15) is 5.11 Å². The monoisotopic (exact) mass is 166 g/mol. The number of allylic oxidation sites excluding steroid dienone is 2. The van der Waals surface area contributed by atoms with E-state index in [2.05, 4.69) is 19.1 Å². The molecule has 0 radical (unpaired) electrons. The molecular formula is C11H18O. The first-order valence-corrected chi connectivity index (χ1v) is 4.75. The zero-order valence-electron chi connectivity index (χ0n) is 8.01. The molecule has 1 heteroatoms. The van der Waals surface area contributed by atoms with Gasteiger partial charge in [0.15, 0.2) is 0 Å². The van der Waals surface area contributed by atoms with Gasteiger partial charge in [-0.3, -0.25) is 0 Å². The van der Waals surface area contributed by atoms with Crippen LogP contribution in [0.5, 0.6) is 0 Å². The van der Waals surface area contributed by atoms with Gasteiger partial charge in [0.1, 0.15) is 0 Å². The summed E-state index contributed by atoms with van der Waals surface area (Å²) in [6.07, 6.45) is 10.5. The molecule has 0 heterocycles. The summed E-state index contributed by atoms with van der Waals surface area (Å²) in [4.78, 5) is 0. The smallest absolute Gasteiger partial charge is 0.0839 e. The van der Waals surface area contributed by atoms with E-state index in [-0.39, 0.29) is 0 Å². The van der Waals surface area contributed by atoms with Crippen molar-refractivity contribution in [3.8, 4) is 0 Å². The van der Waals surface area contributed by atoms with Gasteiger partial charge in [-0.15, -0.1) is 0 Å². The van der Waals surface area contributed by atoms with Crippen molar-refractivity contribution < 1.29 is 5.11 Å². The first-order valence-electron chi connectivity index (χ1n) is 4.75. The normalized spacial score (nSPS) is 28.8. The van der Waals surface area contributed by atoms with Gasteiger partial charge in [-0.2, -0.15) is 0 Å². The molecule has 0 aliphatic heterocycles. The highest BCUT2D eigenvalue weighted by molar-refractivity contribution is 5.27. The Labute approximate surface area is 74.8 Å². The molecule has 0 aromatic heterocycles. The second kappa shape index (κ2) is 3.90. The standard InChI is InChI=1S/C11H18O/c1-3-4-6-10-7-5-8-11(2,12)9-10/h5,7,9,12H,3-4,6,8H2,1-2H3. The number of aliphatic hydroxyl groups is 1. The van der Waals surface area contributed by atoms with Crippen LogP contribution >= 0.6 is 0 Å². The summed E-state index contributed by atoms with van der Waals surface area (Å²) in [5.74, 6) is 0. The van der Waals surface area contributed by atoms with Gasteiger partial charge in [-0.25, -0.2) is 0 Å². The first kappa shape index (κ1) is 9.53. The van der Waals surface area contributed by atoms with Gasteiger partial charge in [-0.1, -0.05) is 25.5 Å². The zero-order chi connectivity index (χ0) is 9.03. The fraction of sp³-hybridized carbons (Fsp3) is 0.636. The van der Waals surface area contributed by atoms with Crippen LogP contribution in [0.3, 0.4) is 0 Å². The van der Waals surface area contributed by atoms with Gasteiger partial charge in [0.05, 0.1) is 5.60 Å². The minimum absolute atomic E-state index is 0.599. The van der Waals surface area contributed by atoms with E-state index in [1.807, 2.05) is 13.0 Å². The maximum atomic E-state index is 9.72. The lowest BCUT2D eigenvalue weighted by Gasteiger charge is -2.22. The van der Waals surface area contributed by atoms with Crippen LogP contribution in [0, 0.1) is 0 Å². The maximum Gasteiger partial charge on any atom is 0.0839 e. The van der Waals surface area contributed by atoms with Crippen LogP contribution in [0.1, 0.15) is 39.5 Å². The molecule has 0 aromatic carbocycles. The highest BCUT2D eigenvalue weighted by atomic mass is 16.3. The van der Waals surface area contributed by atoms with Crippen molar-refractivity contribution in [2.45, 2.75) is 45.1 Å². The Morgan fingerprint density at radius 2 is 2.33 bits per heavy atom. The lowest BCUT2D eigenvalue weighted by Crippen LogP contribution is -2.22. The molecule has 1 aliphatic carbocycles. The molecule has 0 spiro atoms. The third-order valence-corrected chi connectivity index (χ3v) is 2.18. The molecule has 0 aromatic rings. The highest BCUT2D eigenvalue weighted by Crippen LogP contribution is 2.23. The molecule has 12 heavy (non-hydrogen) atoms. The van der Waals surface area contributed by atoms with E-state index in [0.29, 0.717) is 0 Å². The summed E-state index contributed by atoms with van der Waals surface area (Å²) in [6.45, 7) is 4.05. The third kappa shape index (κ3) is 2.82. The Morgan fingerprint density at radius 3 is 2.92 bits per heavy atom. The van der Waals surface area contributed by atoms with Gasteiger partial charge >= 0.3 is 0 Å². The van der Waals surface area contributed by atoms with Crippen LogP contribution < -0.4 is 0 Å². The minimum atomic E-state index is -0.599. The number of unbranched alkanes of at least 4 members (excludes halogenated alkanes) is 1. The van der Waals surface area contributed by atoms with E-state index in [4.69, 9.17) is 0 Å². The second-order valence-electron chi connectivity index (χ2n) is 3.79. The summed E-state index contributed by atoms with van der Waals surface area (Å²) < 4.78 is 0. The molecule has 0 bridgehead atoms. The third-order valence-electron chi connectivity index (χ3n) is 2.18. The van der Waals surface area contributed by atoms with Gasteiger partial charge in [-0.05, 0) is 37.8 Å². The van der Waals surface area contributed by atoms with Crippen LogP contribution in [-0.2, 0) is 0 Å². The highest BCUT2D eigenvalue weighted by Gasteiger charge is 2.18. The Balaban J connectivity index is 2.52. The number of rotatable bonds is 3. The summed E-state index contributed by atoms with van der Waals surface area (Å²) >= 11 is 0. The van der Waals surface area contributed by atoms with Crippen molar-refractivity contribution in [2.24, 2.45) is 0 Å². The Morgan fingerprint density at radius 1 is 1.58 bits per heavy atom. The molecule has 0 saturated heterocycles. The van der Waals surface area contributed by atoms with Crippen molar-refractivity contribution in [3.05, 3.63) is 23.8 Å². The Kier molecular flexibility index (Phi) is 3.10. The van der Waals surface area contributed by atoms with Gasteiger partial charge in [0, 0.05) is 0 Å². The van der Waals surface area contributed by atoms with E-state index >= 15 is 0 Å². The van der Waals surface area contributed by atoms with E-state index in [1.54, 1.807) is 0 Å². The molecule has 1 nitrogen and oxygen atoms in total. The summed E-state index contributed by atoms with van der Waals surface area (Å²) in [5, 5.41) is 9.72. The van der Waals surface area contributed by atoms with Crippen molar-refractivity contribution >= 4 is 0 Å². The van der Waals surface area contributed by atoms with Crippen LogP contribution in [0.4, 0.5) is 0 Å². The molecule has 0 saturated carbocycles. The Bertz CT molecular complexity index is 199. The van der Waals surface area contributed by atoms with E-state index in [1.165, 1.54) is 18.4 Å². The Hall–Kier alpha value is -0.560. The van der Waals surface area contributed by atoms with Crippen LogP contribution in [-0.4, -0.2) is 10.7 Å². The van der Waals surface area contributed by atoms with Crippen LogP contribution in [0.25, 0.3) is 0 Å². The SMILES string of the molecule is CCCCC1=CC(C)(O)CC=C1. The van der Waals surface area contributed by atoms with Crippen molar-refractivity contribution in [3.63, 3.8) is 0 Å². The average molecular weight is 166 g/mol. The summed E-state index contributed by atoms with van der Waals surface area (Å²) in [5.41, 5.74) is 0.686. The van der Waals surface area contributed by atoms with Crippen molar-refractivity contribution in [2.75, 3.05) is 0 Å². The van der Waals surface area contributed by atoms with Crippen molar-refractivity contribution in [1.29, 1.82) is 0 Å². The molecule has 1 aliphatic rings. The summed E-state index contributed by atoms with van der Waals surface area (Å²) in [6, 6.07) is 0. The molecule has 0 amide bonds. The molecule has 1 unspecified atom stereocenters. The lowest BCUT2D eigenvalue weighted by molar-refractivity contribution is 0.113. The predicted octanol–water partition coefficient (Wildman–Crippen LogP) is 2.81. The van der Waals surface area contributed by atoms with Gasteiger partial charge in [0.25, 0.3) is 0 Å². The number of hydrogen-bond donors (Lipinski definition) is 1. The molecule has 1 atom stereocenters. The molecule has 1 N–H and O–H groups in total. The molecule has 1 rings (SSSR count). The fourth-order valence-corrected chi connectivity index (χ4v) is 1.49. The molecule has 0 fully saturated rings. The fourth-order valence-electron chi connectivity index (χ4n) is 1.49. The topological polar surface area (TPSA) is 20.2 Å². The largest absolute Gasteiger partial charge is 0.386 e. The second-order valence-corrected chi connectivity index (χ2v) is 3.79. The molecule has 68 valence electrons. The van der Waals surface area contributed by atoms with Crippen molar-refractivity contribution in [1.82, 2.24) is 0 Å². The van der Waals surface area contributed by atoms with Gasteiger partial charge < -0.3 is 5.11 Å². The molecular weight excluding hydrogens is 148 g/mol. The van der Waals surface area contributed by atoms with Gasteiger partial charge in [0.2, 0.25) is 0 Å². The minimum Gasteiger partial charge on any atom is -0.386 e. The zero-order valence-corrected chi connectivity index (χ0v) is 8.01. The van der Waals surface area contributed by atoms with Crippen LogP contribution in [0.15, 0.2) is 23.8 Å². The predicted molar refractivity (Wildman–Crippen MR) is 52.0 cm³/mol. The number of hydrogen-bond acceptors (Lipinski definition) is 1. The summed E-state index contributed by atoms with van der Waals surface area (Å²) in [7, 11) is 0. The lowest BCUT2D eigenvalue weighted by atomic mass is 9.91. The van der Waals surface area contributed by atoms with E-state index in [0.717, 1.165) is 12.8 Å². The average Bonchev–Trinajstić information content (AvgIpc) is 1.99.